The number of hydrogen-bond acceptors (Lipinski definition) is 4. The predicted molar refractivity (Wildman–Crippen MR) is 133 cm³/mol. The number of nitrogens with zero attached hydrogens (tertiary/aromatic N) is 1. The fraction of sp³-hybridized carbons (Fsp3) is 0.357. The number of fused-ring (bicyclic) bond motifs is 1. The molecule has 2 aromatic carbocycles. The third-order valence-corrected chi connectivity index (χ3v) is 6.91. The van der Waals surface area contributed by atoms with Gasteiger partial charge in [0, 0.05) is 49.2 Å². The van der Waals surface area contributed by atoms with Crippen LogP contribution in [0.3, 0.4) is 0 Å². The molecule has 0 radical (unpaired) electrons. The number of hydroxylamine groups is 1. The fourth-order valence-corrected chi connectivity index (χ4v) is 4.61. The number of benzene rings is 2. The van der Waals surface area contributed by atoms with Crippen LogP contribution in [0.2, 0.25) is 0 Å². The largest absolute Gasteiger partial charge is 0.361 e. The summed E-state index contributed by atoms with van der Waals surface area (Å²) >= 11 is 0. The number of aromatic amines is 1. The molecular weight excluding hydrogens is 440 g/mol. The Morgan fingerprint density at radius 1 is 1.03 bits per heavy atom. The Balaban J connectivity index is 1.23. The molecule has 2 atom stereocenters. The average molecular weight is 471 g/mol. The number of carbonyl (C=O) groups excluding carboxylic acids is 2. The molecule has 7 heteroatoms. The van der Waals surface area contributed by atoms with Gasteiger partial charge < -0.3 is 10.3 Å². The van der Waals surface area contributed by atoms with Crippen LogP contribution >= 0.6 is 0 Å². The summed E-state index contributed by atoms with van der Waals surface area (Å²) in [6, 6.07) is 16.5. The van der Waals surface area contributed by atoms with E-state index in [1.165, 1.54) is 10.9 Å². The lowest BCUT2D eigenvalue weighted by Crippen LogP contribution is -2.36. The van der Waals surface area contributed by atoms with E-state index in [9.17, 15) is 9.59 Å². The van der Waals surface area contributed by atoms with Crippen molar-refractivity contribution in [1.29, 1.82) is 0 Å². The number of hydrogen-bond donors (Lipinski definition) is 4. The minimum Gasteiger partial charge on any atom is -0.361 e. The number of nitrogens with one attached hydrogen (secondary N) is 3. The second-order valence-corrected chi connectivity index (χ2v) is 9.41. The van der Waals surface area contributed by atoms with Gasteiger partial charge in [-0.25, -0.2) is 5.48 Å². The van der Waals surface area contributed by atoms with Crippen molar-refractivity contribution in [3.05, 3.63) is 71.4 Å². The van der Waals surface area contributed by atoms with Gasteiger partial charge in [0.15, 0.2) is 0 Å². The van der Waals surface area contributed by atoms with Crippen molar-refractivity contribution in [3.63, 3.8) is 0 Å². The molecule has 2 aliphatic carbocycles. The fourth-order valence-electron chi connectivity index (χ4n) is 4.61. The Kier molecular flexibility index (Phi) is 6.84. The second-order valence-electron chi connectivity index (χ2n) is 9.41. The highest BCUT2D eigenvalue weighted by Gasteiger charge is 2.32. The zero-order valence-electron chi connectivity index (χ0n) is 19.6. The number of rotatable bonds is 11. The van der Waals surface area contributed by atoms with Crippen molar-refractivity contribution < 1.29 is 14.8 Å². The van der Waals surface area contributed by atoms with Gasteiger partial charge in [0.2, 0.25) is 5.91 Å². The zero-order chi connectivity index (χ0) is 24.2. The molecule has 4 N–H and O–H groups in total. The lowest BCUT2D eigenvalue weighted by molar-refractivity contribution is -0.132. The van der Waals surface area contributed by atoms with Gasteiger partial charge in [-0.3, -0.25) is 19.7 Å². The van der Waals surface area contributed by atoms with Crippen molar-refractivity contribution in [2.75, 3.05) is 19.6 Å². The summed E-state index contributed by atoms with van der Waals surface area (Å²) in [5, 5.41) is 13.2. The van der Waals surface area contributed by atoms with Crippen LogP contribution in [0.5, 0.6) is 0 Å². The molecule has 1 saturated carbocycles. The van der Waals surface area contributed by atoms with Gasteiger partial charge in [-0.15, -0.1) is 0 Å². The number of H-pyrrole nitrogens is 1. The first-order valence-electron chi connectivity index (χ1n) is 12.2. The maximum Gasteiger partial charge on any atom is 0.260 e. The van der Waals surface area contributed by atoms with E-state index < -0.39 is 11.8 Å². The van der Waals surface area contributed by atoms with Gasteiger partial charge in [0.1, 0.15) is 5.92 Å². The van der Waals surface area contributed by atoms with Crippen LogP contribution in [0.15, 0.2) is 54.7 Å². The Hall–Kier alpha value is -3.60. The maximum atomic E-state index is 12.1. The van der Waals surface area contributed by atoms with Crippen LogP contribution in [0, 0.1) is 23.7 Å². The topological polar surface area (TPSA) is 97.5 Å². The van der Waals surface area contributed by atoms with E-state index in [-0.39, 0.29) is 17.7 Å². The van der Waals surface area contributed by atoms with Crippen LogP contribution in [0.25, 0.3) is 10.9 Å². The minimum absolute atomic E-state index is 0.175. The minimum atomic E-state index is -0.506. The van der Waals surface area contributed by atoms with Crippen molar-refractivity contribution in [2.45, 2.75) is 31.7 Å². The van der Waals surface area contributed by atoms with Crippen LogP contribution in [-0.4, -0.2) is 46.5 Å². The van der Waals surface area contributed by atoms with Gasteiger partial charge in [0.25, 0.3) is 5.91 Å². The summed E-state index contributed by atoms with van der Waals surface area (Å²) in [4.78, 5) is 29.5. The molecule has 1 heterocycles. The van der Waals surface area contributed by atoms with Gasteiger partial charge in [-0.05, 0) is 42.0 Å². The lowest BCUT2D eigenvalue weighted by Gasteiger charge is -2.25. The molecular formula is C28H30N4O3. The van der Waals surface area contributed by atoms with E-state index in [2.05, 4.69) is 63.6 Å². The molecule has 3 aromatic rings. The Labute approximate surface area is 204 Å². The summed E-state index contributed by atoms with van der Waals surface area (Å²) < 4.78 is 0. The highest BCUT2D eigenvalue weighted by Crippen LogP contribution is 2.30. The first-order valence-corrected chi connectivity index (χ1v) is 12.2. The third kappa shape index (κ3) is 5.40. The number of amides is 2. The average Bonchev–Trinajstić information content (AvgIpc) is 3.63. The van der Waals surface area contributed by atoms with E-state index in [1.807, 2.05) is 18.2 Å². The third-order valence-electron chi connectivity index (χ3n) is 6.91. The quantitative estimate of drug-likeness (QED) is 0.197. The van der Waals surface area contributed by atoms with Crippen LogP contribution < -0.4 is 10.8 Å². The summed E-state index contributed by atoms with van der Waals surface area (Å²) in [6.07, 6.45) is 5.02. The molecule has 0 bridgehead atoms. The van der Waals surface area contributed by atoms with Crippen LogP contribution in [0.1, 0.15) is 35.4 Å². The molecule has 2 unspecified atom stereocenters. The number of para-hydroxylation sites is 1. The Morgan fingerprint density at radius 2 is 1.83 bits per heavy atom. The first kappa shape index (κ1) is 23.2. The molecule has 0 aliphatic heterocycles. The molecule has 0 saturated heterocycles. The molecule has 0 spiro atoms. The highest BCUT2D eigenvalue weighted by molar-refractivity contribution is 5.84. The van der Waals surface area contributed by atoms with Crippen molar-refractivity contribution >= 4 is 22.7 Å². The van der Waals surface area contributed by atoms with E-state index in [0.717, 1.165) is 55.5 Å². The standard InChI is InChI=1S/C28H30N4O3/c33-27(21-9-10-21)29-14-16-32(15-13-22-17-30-26-4-2-1-3-24(22)26)18-19-5-7-20(8-6-19)23-11-12-25(23)28(34)31-35/h1-8,17,21,23,25,30,35H,9-10,13-16,18H2,(H,29,33)(H,31,34). The summed E-state index contributed by atoms with van der Waals surface area (Å²) in [7, 11) is 0. The van der Waals surface area contributed by atoms with Gasteiger partial charge in [-0.1, -0.05) is 54.3 Å². The smallest absolute Gasteiger partial charge is 0.260 e. The van der Waals surface area contributed by atoms with Crippen LogP contribution in [-0.2, 0) is 22.6 Å². The predicted octanol–water partition coefficient (Wildman–Crippen LogP) is 2.96. The molecule has 1 fully saturated rings. The van der Waals surface area contributed by atoms with E-state index in [1.54, 1.807) is 5.48 Å². The molecule has 2 amide bonds. The summed E-state index contributed by atoms with van der Waals surface area (Å²) in [5.74, 6) is 5.06. The Bertz CT molecular complexity index is 1270. The van der Waals surface area contributed by atoms with Crippen molar-refractivity contribution in [1.82, 2.24) is 20.7 Å². The monoisotopic (exact) mass is 470 g/mol. The van der Waals surface area contributed by atoms with E-state index >= 15 is 0 Å². The zero-order valence-corrected chi connectivity index (χ0v) is 19.6. The molecule has 35 heavy (non-hydrogen) atoms. The van der Waals surface area contributed by atoms with Gasteiger partial charge >= 0.3 is 0 Å². The van der Waals surface area contributed by atoms with Crippen molar-refractivity contribution in [3.8, 4) is 11.8 Å². The molecule has 1 aromatic heterocycles. The number of aromatic nitrogens is 1. The lowest BCUT2D eigenvalue weighted by atomic mass is 9.79. The SMILES string of the molecule is O=C(NCCN(CCc1c[nH]c2ccccc12)Cc1ccc(C2C#CC2C(=O)NO)cc1)C1CC1. The second kappa shape index (κ2) is 10.3. The number of carbonyl (C=O) groups is 2. The van der Waals surface area contributed by atoms with E-state index in [4.69, 9.17) is 5.21 Å². The summed E-state index contributed by atoms with van der Waals surface area (Å²) in [5.41, 5.74) is 6.28. The Morgan fingerprint density at radius 3 is 2.54 bits per heavy atom. The highest BCUT2D eigenvalue weighted by atomic mass is 16.5. The normalized spacial score (nSPS) is 18.6. The summed E-state index contributed by atoms with van der Waals surface area (Å²) in [6.45, 7) is 3.04. The van der Waals surface area contributed by atoms with Gasteiger partial charge in [-0.2, -0.15) is 0 Å². The molecule has 180 valence electrons. The van der Waals surface area contributed by atoms with E-state index in [0.29, 0.717) is 6.54 Å². The van der Waals surface area contributed by atoms with Crippen molar-refractivity contribution in [2.24, 2.45) is 11.8 Å². The molecule has 7 nitrogen and oxygen atoms in total. The maximum absolute atomic E-state index is 12.1. The molecule has 2 aliphatic rings. The first-order chi connectivity index (χ1) is 17.1. The van der Waals surface area contributed by atoms with Crippen LogP contribution in [0.4, 0.5) is 0 Å². The van der Waals surface area contributed by atoms with Gasteiger partial charge in [0.05, 0.1) is 5.92 Å². The molecule has 5 rings (SSSR count).